The summed E-state index contributed by atoms with van der Waals surface area (Å²) in [4.78, 5) is 10.9. The van der Waals surface area contributed by atoms with Gasteiger partial charge in [-0.15, -0.1) is 0 Å². The molecule has 0 aliphatic carbocycles. The molecule has 0 atom stereocenters. The van der Waals surface area contributed by atoms with Crippen molar-refractivity contribution in [1.82, 2.24) is 0 Å². The van der Waals surface area contributed by atoms with Crippen molar-refractivity contribution in [2.75, 3.05) is 17.8 Å². The van der Waals surface area contributed by atoms with Crippen molar-refractivity contribution >= 4 is 28.6 Å². The van der Waals surface area contributed by atoms with Crippen LogP contribution in [-0.2, 0) is 4.79 Å². The van der Waals surface area contributed by atoms with Gasteiger partial charge in [0, 0.05) is 0 Å². The molecule has 0 aliphatic rings. The first-order valence-corrected chi connectivity index (χ1v) is 7.83. The molecule has 0 heterocycles. The molecule has 0 unspecified atom stereocenters. The quantitative estimate of drug-likeness (QED) is 0.562. The summed E-state index contributed by atoms with van der Waals surface area (Å²) in [5.41, 5.74) is 0. The Bertz CT molecular complexity index is 137. The lowest BCUT2D eigenvalue weighted by Crippen LogP contribution is -1.95. The zero-order valence-corrected chi connectivity index (χ0v) is 11.0. The van der Waals surface area contributed by atoms with E-state index in [-0.39, 0.29) is 0 Å². The first-order valence-electron chi connectivity index (χ1n) is 5.45. The van der Waals surface area contributed by atoms with E-state index >= 15 is 0 Å². The van der Waals surface area contributed by atoms with Crippen LogP contribution in [0.15, 0.2) is 0 Å². The van der Waals surface area contributed by atoms with Gasteiger partial charge in [0.1, 0.15) is 0 Å². The second-order valence-electron chi connectivity index (χ2n) is 3.40. The van der Waals surface area contributed by atoms with E-state index in [1.807, 2.05) is 6.26 Å². The van der Waals surface area contributed by atoms with E-state index < -0.39 is 0 Å². The third kappa shape index (κ3) is 10.5. The number of hydrogen-bond donors (Lipinski definition) is 0. The lowest BCUT2D eigenvalue weighted by molar-refractivity contribution is -0.108. The normalized spacial score (nSPS) is 10.4. The maximum Gasteiger partial charge on any atom is 0.198 e. The molecule has 0 radical (unpaired) electrons. The molecule has 1 nitrogen and oxygen atoms in total. The van der Waals surface area contributed by atoms with E-state index in [1.54, 1.807) is 11.8 Å². The Morgan fingerprint density at radius 2 is 1.71 bits per heavy atom. The molecule has 3 heteroatoms. The zero-order chi connectivity index (χ0) is 10.6. The van der Waals surface area contributed by atoms with Gasteiger partial charge in [-0.05, 0) is 18.4 Å². The smallest absolute Gasteiger partial charge is 0.198 e. The Labute approximate surface area is 96.8 Å². The Morgan fingerprint density at radius 3 is 2.36 bits per heavy atom. The molecule has 14 heavy (non-hydrogen) atoms. The maximum absolute atomic E-state index is 10.9. The predicted octanol–water partition coefficient (Wildman–Crippen LogP) is 3.97. The fourth-order valence-corrected chi connectivity index (χ4v) is 2.64. The number of hydrogen-bond acceptors (Lipinski definition) is 3. The third-order valence-corrected chi connectivity index (χ3v) is 3.92. The van der Waals surface area contributed by atoms with Crippen LogP contribution in [0.25, 0.3) is 0 Å². The molecule has 0 aromatic carbocycles. The lowest BCUT2D eigenvalue weighted by atomic mass is 10.1. The Hall–Kier alpha value is 0.370. The van der Waals surface area contributed by atoms with Gasteiger partial charge in [0.2, 0.25) is 0 Å². The molecule has 0 saturated carbocycles. The van der Waals surface area contributed by atoms with Gasteiger partial charge in [-0.3, -0.25) is 4.79 Å². The molecule has 0 aromatic rings. The van der Waals surface area contributed by atoms with Crippen LogP contribution < -0.4 is 0 Å². The second-order valence-corrected chi connectivity index (χ2v) is 5.37. The van der Waals surface area contributed by atoms with Crippen LogP contribution in [0.4, 0.5) is 0 Å². The lowest BCUT2D eigenvalue weighted by Gasteiger charge is -2.00. The van der Waals surface area contributed by atoms with E-state index in [4.69, 9.17) is 0 Å². The number of thioether (sulfide) groups is 2. The first kappa shape index (κ1) is 14.4. The number of rotatable bonds is 9. The van der Waals surface area contributed by atoms with Crippen molar-refractivity contribution in [3.05, 3.63) is 0 Å². The molecule has 0 fully saturated rings. The van der Waals surface area contributed by atoms with Crippen molar-refractivity contribution < 1.29 is 4.79 Å². The second kappa shape index (κ2) is 11.4. The standard InChI is InChI=1S/C11H22OS2/c1-3-4-5-6-7-8-9-14-10-11(12)13-2/h3-10H2,1-2H3. The van der Waals surface area contributed by atoms with Gasteiger partial charge in [0.25, 0.3) is 0 Å². The zero-order valence-electron chi connectivity index (χ0n) is 9.38. The Kier molecular flexibility index (Phi) is 11.7. The van der Waals surface area contributed by atoms with E-state index in [2.05, 4.69) is 6.92 Å². The molecule has 0 amide bonds. The highest BCUT2D eigenvalue weighted by molar-refractivity contribution is 8.15. The average molecular weight is 234 g/mol. The minimum atomic E-state index is 0.306. The van der Waals surface area contributed by atoms with Gasteiger partial charge in [-0.1, -0.05) is 50.8 Å². The van der Waals surface area contributed by atoms with Gasteiger partial charge in [-0.2, -0.15) is 11.8 Å². The van der Waals surface area contributed by atoms with Crippen LogP contribution in [0.5, 0.6) is 0 Å². The molecule has 0 aliphatic heterocycles. The monoisotopic (exact) mass is 234 g/mol. The number of unbranched alkanes of at least 4 members (excludes halogenated alkanes) is 5. The van der Waals surface area contributed by atoms with Gasteiger partial charge in [0.15, 0.2) is 5.12 Å². The highest BCUT2D eigenvalue weighted by Crippen LogP contribution is 2.11. The number of carbonyl (C=O) groups is 1. The van der Waals surface area contributed by atoms with E-state index in [9.17, 15) is 4.79 Å². The molecule has 0 spiro atoms. The summed E-state index contributed by atoms with van der Waals surface area (Å²) in [6, 6.07) is 0. The van der Waals surface area contributed by atoms with E-state index in [0.717, 1.165) is 5.75 Å². The van der Waals surface area contributed by atoms with Crippen LogP contribution in [0.2, 0.25) is 0 Å². The van der Waals surface area contributed by atoms with Crippen molar-refractivity contribution in [1.29, 1.82) is 0 Å². The van der Waals surface area contributed by atoms with Crippen molar-refractivity contribution in [3.8, 4) is 0 Å². The molecular weight excluding hydrogens is 212 g/mol. The van der Waals surface area contributed by atoms with Gasteiger partial charge in [0.05, 0.1) is 5.75 Å². The van der Waals surface area contributed by atoms with Crippen LogP contribution in [-0.4, -0.2) is 22.9 Å². The minimum absolute atomic E-state index is 0.306. The Morgan fingerprint density at radius 1 is 1.07 bits per heavy atom. The molecule has 84 valence electrons. The van der Waals surface area contributed by atoms with Crippen LogP contribution >= 0.6 is 23.5 Å². The molecule has 0 bridgehead atoms. The van der Waals surface area contributed by atoms with E-state index in [0.29, 0.717) is 10.9 Å². The van der Waals surface area contributed by atoms with Crippen LogP contribution in [0.3, 0.4) is 0 Å². The van der Waals surface area contributed by atoms with Gasteiger partial charge < -0.3 is 0 Å². The third-order valence-electron chi connectivity index (χ3n) is 2.09. The number of carbonyl (C=O) groups excluding carboxylic acids is 1. The van der Waals surface area contributed by atoms with Gasteiger partial charge in [-0.25, -0.2) is 0 Å². The van der Waals surface area contributed by atoms with E-state index in [1.165, 1.54) is 50.3 Å². The molecule has 0 N–H and O–H groups in total. The van der Waals surface area contributed by atoms with Crippen LogP contribution in [0, 0.1) is 0 Å². The topological polar surface area (TPSA) is 17.1 Å². The predicted molar refractivity (Wildman–Crippen MR) is 69.2 cm³/mol. The molecular formula is C11H22OS2. The maximum atomic E-state index is 10.9. The largest absolute Gasteiger partial charge is 0.286 e. The minimum Gasteiger partial charge on any atom is -0.286 e. The van der Waals surface area contributed by atoms with Crippen molar-refractivity contribution in [2.45, 2.75) is 45.4 Å². The first-order chi connectivity index (χ1) is 6.81. The summed E-state index contributed by atoms with van der Waals surface area (Å²) in [5, 5.41) is 0.306. The summed E-state index contributed by atoms with van der Waals surface area (Å²) in [6.45, 7) is 2.24. The Balaban J connectivity index is 2.95. The highest BCUT2D eigenvalue weighted by atomic mass is 32.2. The summed E-state index contributed by atoms with van der Waals surface area (Å²) in [6.07, 6.45) is 9.90. The molecule has 0 saturated heterocycles. The van der Waals surface area contributed by atoms with Crippen LogP contribution in [0.1, 0.15) is 45.4 Å². The van der Waals surface area contributed by atoms with Gasteiger partial charge >= 0.3 is 0 Å². The highest BCUT2D eigenvalue weighted by Gasteiger charge is 1.98. The summed E-state index contributed by atoms with van der Waals surface area (Å²) < 4.78 is 0. The fraction of sp³-hybridized carbons (Fsp3) is 0.909. The molecule has 0 aromatic heterocycles. The fourth-order valence-electron chi connectivity index (χ4n) is 1.20. The molecule has 0 rings (SSSR count). The average Bonchev–Trinajstić information content (AvgIpc) is 2.21. The SMILES string of the molecule is CCCCCCCCSCC(=O)SC. The summed E-state index contributed by atoms with van der Waals surface area (Å²) in [7, 11) is 0. The van der Waals surface area contributed by atoms with Crippen molar-refractivity contribution in [2.24, 2.45) is 0 Å². The summed E-state index contributed by atoms with van der Waals surface area (Å²) in [5.74, 6) is 1.84. The summed E-state index contributed by atoms with van der Waals surface area (Å²) >= 11 is 3.12. The van der Waals surface area contributed by atoms with Crippen molar-refractivity contribution in [3.63, 3.8) is 0 Å².